The summed E-state index contributed by atoms with van der Waals surface area (Å²) in [5.74, 6) is 0.202. The largest absolute Gasteiger partial charge is 0.335 e. The molecule has 0 aromatic carbocycles. The third-order valence-corrected chi connectivity index (χ3v) is 2.92. The number of carbonyl (C=O) groups is 1. The van der Waals surface area contributed by atoms with Crippen LogP contribution in [0.25, 0.3) is 0 Å². The lowest BCUT2D eigenvalue weighted by molar-refractivity contribution is -0.130. The Bertz CT molecular complexity index is 240. The van der Waals surface area contributed by atoms with E-state index in [0.29, 0.717) is 25.6 Å². The minimum absolute atomic E-state index is 0. The van der Waals surface area contributed by atoms with Crippen LogP contribution in [0.1, 0.15) is 25.7 Å². The third kappa shape index (κ3) is 5.89. The highest BCUT2D eigenvalue weighted by Gasteiger charge is 2.17. The van der Waals surface area contributed by atoms with Gasteiger partial charge in [-0.25, -0.2) is 0 Å². The summed E-state index contributed by atoms with van der Waals surface area (Å²) in [5.41, 5.74) is 0. The Hall–Kier alpha value is -0.800. The fraction of sp³-hybridized carbons (Fsp3) is 0.615. The van der Waals surface area contributed by atoms with Gasteiger partial charge in [0.05, 0.1) is 0 Å². The first-order chi connectivity index (χ1) is 7.77. The van der Waals surface area contributed by atoms with E-state index in [9.17, 15) is 4.79 Å². The number of hydrogen-bond acceptors (Lipinski definition) is 2. The van der Waals surface area contributed by atoms with Gasteiger partial charge < -0.3 is 10.2 Å². The van der Waals surface area contributed by atoms with Crippen molar-refractivity contribution < 1.29 is 4.79 Å². The molecule has 1 saturated heterocycles. The highest BCUT2D eigenvalue weighted by atomic mass is 35.5. The number of hydrogen-bond donors (Lipinski definition) is 1. The maximum Gasteiger partial charge on any atom is 0.223 e. The van der Waals surface area contributed by atoms with Crippen LogP contribution in [0.2, 0.25) is 0 Å². The van der Waals surface area contributed by atoms with Gasteiger partial charge in [0, 0.05) is 25.6 Å². The minimum Gasteiger partial charge on any atom is -0.335 e. The second kappa shape index (κ2) is 9.25. The van der Waals surface area contributed by atoms with Gasteiger partial charge in [0.2, 0.25) is 5.91 Å². The first-order valence-corrected chi connectivity index (χ1v) is 6.01. The molecule has 1 amide bonds. The van der Waals surface area contributed by atoms with Gasteiger partial charge in [-0.15, -0.1) is 25.6 Å². The van der Waals surface area contributed by atoms with Crippen molar-refractivity contribution in [2.45, 2.75) is 31.7 Å². The zero-order valence-electron chi connectivity index (χ0n) is 10.4. The van der Waals surface area contributed by atoms with Crippen molar-refractivity contribution in [2.24, 2.45) is 0 Å². The number of nitrogens with zero attached hydrogens (tertiary/aromatic N) is 1. The summed E-state index contributed by atoms with van der Waals surface area (Å²) in [6, 6.07) is 0.540. The number of nitrogens with one attached hydrogen (secondary N) is 1. The smallest absolute Gasteiger partial charge is 0.223 e. The molecule has 1 aliphatic rings. The van der Waals surface area contributed by atoms with Gasteiger partial charge in [0.1, 0.15) is 0 Å². The van der Waals surface area contributed by atoms with E-state index < -0.39 is 0 Å². The van der Waals surface area contributed by atoms with Gasteiger partial charge in [-0.05, 0) is 25.8 Å². The molecule has 0 aromatic rings. The van der Waals surface area contributed by atoms with Crippen LogP contribution in [0.4, 0.5) is 0 Å². The van der Waals surface area contributed by atoms with Gasteiger partial charge in [0.15, 0.2) is 0 Å². The van der Waals surface area contributed by atoms with E-state index in [4.69, 9.17) is 0 Å². The van der Waals surface area contributed by atoms with E-state index in [2.05, 4.69) is 18.5 Å². The predicted molar refractivity (Wildman–Crippen MR) is 74.5 cm³/mol. The Morgan fingerprint density at radius 3 is 2.47 bits per heavy atom. The first kappa shape index (κ1) is 16.2. The molecule has 3 nitrogen and oxygen atoms in total. The van der Waals surface area contributed by atoms with E-state index in [-0.39, 0.29) is 18.3 Å². The minimum atomic E-state index is 0. The summed E-state index contributed by atoms with van der Waals surface area (Å²) >= 11 is 0. The Balaban J connectivity index is 0.00000256. The Morgan fingerprint density at radius 2 is 2.00 bits per heavy atom. The molecule has 0 spiro atoms. The molecule has 1 atom stereocenters. The van der Waals surface area contributed by atoms with Gasteiger partial charge in [-0.1, -0.05) is 12.2 Å². The van der Waals surface area contributed by atoms with Gasteiger partial charge in [-0.2, -0.15) is 0 Å². The van der Waals surface area contributed by atoms with E-state index >= 15 is 0 Å². The van der Waals surface area contributed by atoms with Crippen LogP contribution in [0.15, 0.2) is 25.3 Å². The molecule has 1 unspecified atom stereocenters. The molecular formula is C13H23ClN2O. The summed E-state index contributed by atoms with van der Waals surface area (Å²) in [6.07, 6.45) is 7.53. The van der Waals surface area contributed by atoms with E-state index in [1.807, 2.05) is 0 Å². The van der Waals surface area contributed by atoms with Crippen molar-refractivity contribution in [1.29, 1.82) is 0 Å². The molecule has 0 bridgehead atoms. The SMILES string of the molecule is C=CCN(CC=C)C(=O)CCC1CCCN1.Cl. The zero-order valence-corrected chi connectivity index (χ0v) is 11.2. The zero-order chi connectivity index (χ0) is 11.8. The number of rotatable bonds is 7. The molecule has 1 heterocycles. The third-order valence-electron chi connectivity index (χ3n) is 2.92. The molecule has 4 heteroatoms. The fourth-order valence-electron chi connectivity index (χ4n) is 2.05. The lowest BCUT2D eigenvalue weighted by atomic mass is 10.1. The van der Waals surface area contributed by atoms with Crippen molar-refractivity contribution >= 4 is 18.3 Å². The average Bonchev–Trinajstić information content (AvgIpc) is 2.78. The number of carbonyl (C=O) groups excluding carboxylic acids is 1. The van der Waals surface area contributed by atoms with E-state index in [1.165, 1.54) is 12.8 Å². The monoisotopic (exact) mass is 258 g/mol. The number of halogens is 1. The fourth-order valence-corrected chi connectivity index (χ4v) is 2.05. The summed E-state index contributed by atoms with van der Waals surface area (Å²) in [4.78, 5) is 13.7. The summed E-state index contributed by atoms with van der Waals surface area (Å²) in [7, 11) is 0. The molecule has 1 N–H and O–H groups in total. The van der Waals surface area contributed by atoms with Gasteiger partial charge in [-0.3, -0.25) is 4.79 Å². The first-order valence-electron chi connectivity index (χ1n) is 6.01. The van der Waals surface area contributed by atoms with Crippen molar-refractivity contribution in [3.05, 3.63) is 25.3 Å². The van der Waals surface area contributed by atoms with Crippen LogP contribution in [-0.4, -0.2) is 36.5 Å². The second-order valence-electron chi connectivity index (χ2n) is 4.21. The summed E-state index contributed by atoms with van der Waals surface area (Å²) in [5, 5.41) is 3.40. The maximum absolute atomic E-state index is 11.9. The second-order valence-corrected chi connectivity index (χ2v) is 4.21. The summed E-state index contributed by atoms with van der Waals surface area (Å²) in [6.45, 7) is 9.65. The van der Waals surface area contributed by atoms with Crippen LogP contribution >= 0.6 is 12.4 Å². The Morgan fingerprint density at radius 1 is 1.35 bits per heavy atom. The molecule has 17 heavy (non-hydrogen) atoms. The lowest BCUT2D eigenvalue weighted by Crippen LogP contribution is -2.32. The van der Waals surface area contributed by atoms with E-state index in [1.54, 1.807) is 17.1 Å². The average molecular weight is 259 g/mol. The van der Waals surface area contributed by atoms with Crippen molar-refractivity contribution in [3.63, 3.8) is 0 Å². The quantitative estimate of drug-likeness (QED) is 0.710. The molecule has 0 aromatic heterocycles. The highest BCUT2D eigenvalue weighted by Crippen LogP contribution is 2.11. The maximum atomic E-state index is 11.9. The highest BCUT2D eigenvalue weighted by molar-refractivity contribution is 5.85. The molecule has 1 fully saturated rings. The van der Waals surface area contributed by atoms with Crippen LogP contribution in [-0.2, 0) is 4.79 Å². The standard InChI is InChI=1S/C13H22N2O.ClH/c1-3-10-15(11-4-2)13(16)8-7-12-6-5-9-14-12;/h3-4,12,14H,1-2,5-11H2;1H. The summed E-state index contributed by atoms with van der Waals surface area (Å²) < 4.78 is 0. The Kier molecular flexibility index (Phi) is 8.82. The van der Waals surface area contributed by atoms with Crippen LogP contribution in [0.5, 0.6) is 0 Å². The Labute approximate surface area is 110 Å². The van der Waals surface area contributed by atoms with Crippen molar-refractivity contribution in [1.82, 2.24) is 10.2 Å². The van der Waals surface area contributed by atoms with Crippen LogP contribution in [0.3, 0.4) is 0 Å². The van der Waals surface area contributed by atoms with E-state index in [0.717, 1.165) is 13.0 Å². The molecule has 1 aliphatic heterocycles. The number of amides is 1. The van der Waals surface area contributed by atoms with Crippen LogP contribution < -0.4 is 5.32 Å². The lowest BCUT2D eigenvalue weighted by Gasteiger charge is -2.20. The molecule has 98 valence electrons. The normalized spacial score (nSPS) is 18.2. The predicted octanol–water partition coefficient (Wildman–Crippen LogP) is 2.14. The topological polar surface area (TPSA) is 32.3 Å². The van der Waals surface area contributed by atoms with Gasteiger partial charge in [0.25, 0.3) is 0 Å². The van der Waals surface area contributed by atoms with Gasteiger partial charge >= 0.3 is 0 Å². The molecule has 0 saturated carbocycles. The molecule has 0 radical (unpaired) electrons. The molecule has 1 rings (SSSR count). The molecule has 0 aliphatic carbocycles. The van der Waals surface area contributed by atoms with Crippen LogP contribution in [0, 0.1) is 0 Å². The van der Waals surface area contributed by atoms with Crippen molar-refractivity contribution in [3.8, 4) is 0 Å². The van der Waals surface area contributed by atoms with Crippen molar-refractivity contribution in [2.75, 3.05) is 19.6 Å². The molecular weight excluding hydrogens is 236 g/mol.